The highest BCUT2D eigenvalue weighted by Gasteiger charge is 2.14. The van der Waals surface area contributed by atoms with E-state index in [9.17, 15) is 0 Å². The smallest absolute Gasteiger partial charge is 0.171 e. The summed E-state index contributed by atoms with van der Waals surface area (Å²) in [5.74, 6) is 2.19. The highest BCUT2D eigenvalue weighted by Crippen LogP contribution is 2.31. The van der Waals surface area contributed by atoms with Crippen LogP contribution in [0.4, 0.5) is 5.69 Å². The molecule has 0 saturated heterocycles. The van der Waals surface area contributed by atoms with Gasteiger partial charge < -0.3 is 24.8 Å². The maximum atomic E-state index is 5.45. The predicted molar refractivity (Wildman–Crippen MR) is 105 cm³/mol. The van der Waals surface area contributed by atoms with Crippen molar-refractivity contribution >= 4 is 23.0 Å². The Hall–Kier alpha value is -2.47. The van der Waals surface area contributed by atoms with Crippen LogP contribution in [0.25, 0.3) is 0 Å². The molecule has 5 nitrogen and oxygen atoms in total. The summed E-state index contributed by atoms with van der Waals surface area (Å²) in [7, 11) is 4.89. The van der Waals surface area contributed by atoms with E-state index >= 15 is 0 Å². The SMILES string of the molecule is CCC(NC(=S)Nc1cccc(OC)c1)c1ccc(OC)c(OC)c1. The van der Waals surface area contributed by atoms with Gasteiger partial charge in [0, 0.05) is 11.8 Å². The number of ether oxygens (including phenoxy) is 3. The van der Waals surface area contributed by atoms with Gasteiger partial charge in [-0.3, -0.25) is 0 Å². The van der Waals surface area contributed by atoms with Crippen molar-refractivity contribution in [3.05, 3.63) is 48.0 Å². The number of anilines is 1. The highest BCUT2D eigenvalue weighted by molar-refractivity contribution is 7.80. The number of rotatable bonds is 7. The molecule has 0 amide bonds. The van der Waals surface area contributed by atoms with Crippen molar-refractivity contribution in [3.8, 4) is 17.2 Å². The van der Waals surface area contributed by atoms with Crippen LogP contribution >= 0.6 is 12.2 Å². The second-order valence-corrected chi connectivity index (χ2v) is 5.81. The molecule has 2 N–H and O–H groups in total. The van der Waals surface area contributed by atoms with Crippen LogP contribution in [0.15, 0.2) is 42.5 Å². The number of hydrogen-bond donors (Lipinski definition) is 2. The molecule has 134 valence electrons. The molecule has 0 aromatic heterocycles. The topological polar surface area (TPSA) is 51.8 Å². The van der Waals surface area contributed by atoms with Gasteiger partial charge in [0.25, 0.3) is 0 Å². The largest absolute Gasteiger partial charge is 0.497 e. The first kappa shape index (κ1) is 18.9. The van der Waals surface area contributed by atoms with Crippen LogP contribution < -0.4 is 24.8 Å². The fourth-order valence-electron chi connectivity index (χ4n) is 2.52. The van der Waals surface area contributed by atoms with Crippen LogP contribution in [0, 0.1) is 0 Å². The lowest BCUT2D eigenvalue weighted by molar-refractivity contribution is 0.354. The third-order valence-corrected chi connectivity index (χ3v) is 4.07. The average molecular weight is 360 g/mol. The van der Waals surface area contributed by atoms with Crippen molar-refractivity contribution in [3.63, 3.8) is 0 Å². The Kier molecular flexibility index (Phi) is 6.89. The fourth-order valence-corrected chi connectivity index (χ4v) is 2.78. The summed E-state index contributed by atoms with van der Waals surface area (Å²) in [5, 5.41) is 7.08. The van der Waals surface area contributed by atoms with Crippen LogP contribution in [-0.2, 0) is 0 Å². The third kappa shape index (κ3) is 5.00. The van der Waals surface area contributed by atoms with Crippen LogP contribution in [-0.4, -0.2) is 26.4 Å². The molecule has 2 aromatic carbocycles. The molecule has 0 aliphatic rings. The fraction of sp³-hybridized carbons (Fsp3) is 0.316. The van der Waals surface area contributed by atoms with Gasteiger partial charge in [0.05, 0.1) is 27.4 Å². The molecule has 0 spiro atoms. The van der Waals surface area contributed by atoms with Gasteiger partial charge in [-0.1, -0.05) is 19.1 Å². The second-order valence-electron chi connectivity index (χ2n) is 5.41. The molecular formula is C19H24N2O3S. The van der Waals surface area contributed by atoms with E-state index < -0.39 is 0 Å². The Labute approximate surface area is 154 Å². The molecule has 0 fully saturated rings. The van der Waals surface area contributed by atoms with Crippen molar-refractivity contribution in [2.75, 3.05) is 26.6 Å². The van der Waals surface area contributed by atoms with Gasteiger partial charge in [-0.2, -0.15) is 0 Å². The molecular weight excluding hydrogens is 336 g/mol. The van der Waals surface area contributed by atoms with Gasteiger partial charge in [0.15, 0.2) is 16.6 Å². The minimum Gasteiger partial charge on any atom is -0.497 e. The van der Waals surface area contributed by atoms with Crippen molar-refractivity contribution in [1.82, 2.24) is 5.32 Å². The number of methoxy groups -OCH3 is 3. The number of nitrogens with one attached hydrogen (secondary N) is 2. The molecule has 0 saturated carbocycles. The lowest BCUT2D eigenvalue weighted by Gasteiger charge is -2.21. The monoisotopic (exact) mass is 360 g/mol. The maximum Gasteiger partial charge on any atom is 0.171 e. The molecule has 0 radical (unpaired) electrons. The van der Waals surface area contributed by atoms with E-state index in [-0.39, 0.29) is 6.04 Å². The lowest BCUT2D eigenvalue weighted by atomic mass is 10.0. The normalized spacial score (nSPS) is 11.4. The maximum absolute atomic E-state index is 5.45. The standard InChI is InChI=1S/C19H24N2O3S/c1-5-16(13-9-10-17(23-3)18(11-13)24-4)21-19(25)20-14-7-6-8-15(12-14)22-2/h6-12,16H,5H2,1-4H3,(H2,20,21,25). The molecule has 6 heteroatoms. The Morgan fingerprint density at radius 1 is 1.00 bits per heavy atom. The number of hydrogen-bond acceptors (Lipinski definition) is 4. The molecule has 0 heterocycles. The molecule has 25 heavy (non-hydrogen) atoms. The number of benzene rings is 2. The molecule has 0 bridgehead atoms. The second kappa shape index (κ2) is 9.13. The zero-order chi connectivity index (χ0) is 18.2. The lowest BCUT2D eigenvalue weighted by Crippen LogP contribution is -2.32. The van der Waals surface area contributed by atoms with Gasteiger partial charge in [-0.15, -0.1) is 0 Å². The summed E-state index contributed by atoms with van der Waals surface area (Å²) in [4.78, 5) is 0. The Balaban J connectivity index is 2.09. The Bertz CT molecular complexity index is 722. The van der Waals surface area contributed by atoms with Crippen molar-refractivity contribution in [1.29, 1.82) is 0 Å². The Morgan fingerprint density at radius 2 is 1.76 bits per heavy atom. The summed E-state index contributed by atoms with van der Waals surface area (Å²) < 4.78 is 15.9. The van der Waals surface area contributed by atoms with Crippen LogP contribution in [0.1, 0.15) is 24.9 Å². The van der Waals surface area contributed by atoms with E-state index in [1.165, 1.54) is 0 Å². The van der Waals surface area contributed by atoms with Gasteiger partial charge in [0.2, 0.25) is 0 Å². The highest BCUT2D eigenvalue weighted by atomic mass is 32.1. The Morgan fingerprint density at radius 3 is 2.40 bits per heavy atom. The third-order valence-electron chi connectivity index (χ3n) is 3.85. The van der Waals surface area contributed by atoms with Gasteiger partial charge in [-0.25, -0.2) is 0 Å². The van der Waals surface area contributed by atoms with Crippen LogP contribution in [0.2, 0.25) is 0 Å². The summed E-state index contributed by atoms with van der Waals surface area (Å²) in [6.45, 7) is 2.10. The summed E-state index contributed by atoms with van der Waals surface area (Å²) >= 11 is 5.45. The van der Waals surface area contributed by atoms with E-state index in [4.69, 9.17) is 26.4 Å². The van der Waals surface area contributed by atoms with Crippen molar-refractivity contribution < 1.29 is 14.2 Å². The summed E-state index contributed by atoms with van der Waals surface area (Å²) in [5.41, 5.74) is 1.95. The first-order chi connectivity index (χ1) is 12.1. The summed E-state index contributed by atoms with van der Waals surface area (Å²) in [6.07, 6.45) is 0.870. The van der Waals surface area contributed by atoms with E-state index in [1.54, 1.807) is 21.3 Å². The van der Waals surface area contributed by atoms with Crippen LogP contribution in [0.3, 0.4) is 0 Å². The molecule has 0 aliphatic carbocycles. The van der Waals surface area contributed by atoms with E-state index in [0.717, 1.165) is 23.4 Å². The van der Waals surface area contributed by atoms with Gasteiger partial charge >= 0.3 is 0 Å². The van der Waals surface area contributed by atoms with Crippen LogP contribution in [0.5, 0.6) is 17.2 Å². The predicted octanol–water partition coefficient (Wildman–Crippen LogP) is 4.15. The molecule has 1 atom stereocenters. The van der Waals surface area contributed by atoms with E-state index in [0.29, 0.717) is 16.6 Å². The number of thiocarbonyl (C=S) groups is 1. The average Bonchev–Trinajstić information content (AvgIpc) is 2.65. The quantitative estimate of drug-likeness (QED) is 0.724. The molecule has 0 aliphatic heterocycles. The molecule has 2 rings (SSSR count). The van der Waals surface area contributed by atoms with Gasteiger partial charge in [0.1, 0.15) is 5.75 Å². The van der Waals surface area contributed by atoms with Crippen molar-refractivity contribution in [2.45, 2.75) is 19.4 Å². The molecule has 2 aromatic rings. The molecule has 1 unspecified atom stereocenters. The first-order valence-electron chi connectivity index (χ1n) is 8.04. The summed E-state index contributed by atoms with van der Waals surface area (Å²) in [6, 6.07) is 13.6. The minimum absolute atomic E-state index is 0.0606. The zero-order valence-corrected chi connectivity index (χ0v) is 15.8. The first-order valence-corrected chi connectivity index (χ1v) is 8.45. The zero-order valence-electron chi connectivity index (χ0n) is 15.0. The van der Waals surface area contributed by atoms with Crippen molar-refractivity contribution in [2.24, 2.45) is 0 Å². The van der Waals surface area contributed by atoms with Gasteiger partial charge in [-0.05, 0) is 48.5 Å². The van der Waals surface area contributed by atoms with E-state index in [1.807, 2.05) is 42.5 Å². The van der Waals surface area contributed by atoms with E-state index in [2.05, 4.69) is 17.6 Å². The minimum atomic E-state index is 0.0606.